The van der Waals surface area contributed by atoms with Crippen LogP contribution in [0.3, 0.4) is 0 Å². The fraction of sp³-hybridized carbons (Fsp3) is 0.0345. The van der Waals surface area contributed by atoms with Gasteiger partial charge in [0, 0.05) is 22.1 Å². The Bertz CT molecular complexity index is 3440. The van der Waals surface area contributed by atoms with Gasteiger partial charge in [0.15, 0.2) is 5.84 Å². The summed E-state index contributed by atoms with van der Waals surface area (Å²) >= 11 is 0. The van der Waals surface area contributed by atoms with Crippen LogP contribution in [0.25, 0.3) is 72.0 Å². The fourth-order valence-electron chi connectivity index (χ4n) is 9.39. The largest absolute Gasteiger partial charge is 0.440 e. The highest BCUT2D eigenvalue weighted by molar-refractivity contribution is 6.20. The summed E-state index contributed by atoms with van der Waals surface area (Å²) in [6.45, 7) is 0. The minimum Gasteiger partial charge on any atom is -0.440 e. The molecule has 2 atom stereocenters. The van der Waals surface area contributed by atoms with Crippen LogP contribution in [-0.4, -0.2) is 11.7 Å². The molecule has 5 nitrogen and oxygen atoms in total. The van der Waals surface area contributed by atoms with Crippen LogP contribution in [0.4, 0.5) is 5.88 Å². The second-order valence-corrected chi connectivity index (χ2v) is 16.1. The van der Waals surface area contributed by atoms with E-state index >= 15 is 0 Å². The van der Waals surface area contributed by atoms with Crippen LogP contribution < -0.4 is 10.6 Å². The van der Waals surface area contributed by atoms with Gasteiger partial charge in [-0.3, -0.25) is 0 Å². The predicted molar refractivity (Wildman–Crippen MR) is 261 cm³/mol. The number of hydrogen-bond donors (Lipinski definition) is 2. The lowest BCUT2D eigenvalue weighted by molar-refractivity contribution is 0.619. The molecule has 0 bridgehead atoms. The molecule has 2 aliphatic rings. The SMILES string of the molecule is C1=CC(c2ccc(-c3ccccc3)c3ccccc23)Nc2oc3cccc(-c4ccc(C5=NC(c6ccc(-c7ccccc7)cc6)=NC(c6ccccc6)N5)c5ccccc45)c3c21. The molecule has 5 heteroatoms. The fourth-order valence-corrected chi connectivity index (χ4v) is 9.39. The summed E-state index contributed by atoms with van der Waals surface area (Å²) < 4.78 is 6.68. The number of nitrogens with zero attached hydrogens (tertiary/aromatic N) is 2. The Kier molecular flexibility index (Phi) is 8.89. The van der Waals surface area contributed by atoms with Crippen molar-refractivity contribution in [2.45, 2.75) is 12.2 Å². The van der Waals surface area contributed by atoms with Crippen LogP contribution in [0.2, 0.25) is 0 Å². The molecule has 9 aromatic carbocycles. The number of aliphatic imine (C=N–C) groups is 2. The maximum atomic E-state index is 6.68. The van der Waals surface area contributed by atoms with Gasteiger partial charge in [-0.1, -0.05) is 212 Å². The van der Waals surface area contributed by atoms with Gasteiger partial charge >= 0.3 is 0 Å². The Hall–Kier alpha value is -8.28. The van der Waals surface area contributed by atoms with E-state index in [-0.39, 0.29) is 12.2 Å². The summed E-state index contributed by atoms with van der Waals surface area (Å²) in [6, 6.07) is 72.5. The van der Waals surface area contributed by atoms with Crippen molar-refractivity contribution in [2.24, 2.45) is 9.98 Å². The van der Waals surface area contributed by atoms with Crippen molar-refractivity contribution in [3.05, 3.63) is 240 Å². The van der Waals surface area contributed by atoms with Crippen molar-refractivity contribution in [1.29, 1.82) is 0 Å². The molecule has 2 aliphatic heterocycles. The summed E-state index contributed by atoms with van der Waals surface area (Å²) in [6.07, 6.45) is 4.19. The number of anilines is 1. The lowest BCUT2D eigenvalue weighted by atomic mass is 9.90. The van der Waals surface area contributed by atoms with Crippen LogP contribution in [-0.2, 0) is 0 Å². The van der Waals surface area contributed by atoms with Crippen LogP contribution in [0, 0.1) is 0 Å². The third-order valence-corrected chi connectivity index (χ3v) is 12.4. The third kappa shape index (κ3) is 6.50. The Balaban J connectivity index is 0.924. The van der Waals surface area contributed by atoms with Crippen molar-refractivity contribution in [3.63, 3.8) is 0 Å². The van der Waals surface area contributed by atoms with E-state index in [0.717, 1.165) is 72.4 Å². The number of furan rings is 1. The van der Waals surface area contributed by atoms with E-state index in [1.54, 1.807) is 0 Å². The van der Waals surface area contributed by atoms with Crippen molar-refractivity contribution >= 4 is 56.1 Å². The first-order valence-corrected chi connectivity index (χ1v) is 21.5. The molecular formula is C58H40N4O. The summed E-state index contributed by atoms with van der Waals surface area (Å²) in [5.41, 5.74) is 13.2. The summed E-state index contributed by atoms with van der Waals surface area (Å²) in [5.74, 6) is 2.25. The van der Waals surface area contributed by atoms with Crippen molar-refractivity contribution in [1.82, 2.24) is 5.32 Å². The first-order valence-electron chi connectivity index (χ1n) is 21.5. The van der Waals surface area contributed by atoms with E-state index < -0.39 is 0 Å². The van der Waals surface area contributed by atoms with Gasteiger partial charge in [-0.05, 0) is 72.1 Å². The second kappa shape index (κ2) is 15.3. The lowest BCUT2D eigenvalue weighted by Crippen LogP contribution is -2.33. The molecule has 2 unspecified atom stereocenters. The highest BCUT2D eigenvalue weighted by Crippen LogP contribution is 2.45. The predicted octanol–water partition coefficient (Wildman–Crippen LogP) is 14.4. The molecule has 10 aromatic rings. The highest BCUT2D eigenvalue weighted by atomic mass is 16.4. The van der Waals surface area contributed by atoms with E-state index in [1.165, 1.54) is 33.0 Å². The zero-order valence-corrected chi connectivity index (χ0v) is 34.2. The lowest BCUT2D eigenvalue weighted by Gasteiger charge is -2.25. The number of benzene rings is 9. The Labute approximate surface area is 365 Å². The molecule has 298 valence electrons. The second-order valence-electron chi connectivity index (χ2n) is 16.1. The number of rotatable bonds is 7. The van der Waals surface area contributed by atoms with Gasteiger partial charge in [0.05, 0.1) is 6.04 Å². The molecule has 0 saturated carbocycles. The average molecular weight is 809 g/mol. The molecular weight excluding hydrogens is 769 g/mol. The summed E-state index contributed by atoms with van der Waals surface area (Å²) in [7, 11) is 0. The molecule has 0 spiro atoms. The van der Waals surface area contributed by atoms with Gasteiger partial charge in [-0.25, -0.2) is 9.98 Å². The number of amidine groups is 2. The standard InChI is InChI=1S/C58H40N4O/c1-4-15-37(16-5-1)38-27-29-41(30-28-38)56-60-55(40-19-8-3-9-20-40)61-57(62-56)50-34-32-47(44-22-11-13-24-46(44)50)49-25-14-26-53-54(49)51-35-36-52(59-58(51)63-53)48-33-31-42(39-17-6-2-7-18-39)43-21-10-12-23-45(43)48/h1-36,52,55,59H,(H,60,61,62). The molecule has 12 rings (SSSR count). The van der Waals surface area contributed by atoms with Crippen LogP contribution in [0.15, 0.2) is 227 Å². The van der Waals surface area contributed by atoms with E-state index in [9.17, 15) is 0 Å². The highest BCUT2D eigenvalue weighted by Gasteiger charge is 2.26. The Morgan fingerprint density at radius 3 is 1.76 bits per heavy atom. The minimum atomic E-state index is -0.310. The number of hydrogen-bond acceptors (Lipinski definition) is 5. The maximum Gasteiger partial charge on any atom is 0.202 e. The molecule has 1 aromatic heterocycles. The zero-order chi connectivity index (χ0) is 41.7. The van der Waals surface area contributed by atoms with Gasteiger partial charge in [0.25, 0.3) is 0 Å². The Morgan fingerprint density at radius 2 is 1.02 bits per heavy atom. The van der Waals surface area contributed by atoms with Crippen LogP contribution in [0.1, 0.15) is 40.0 Å². The molecule has 2 N–H and O–H groups in total. The number of nitrogens with one attached hydrogen (secondary N) is 2. The Morgan fingerprint density at radius 1 is 0.429 bits per heavy atom. The van der Waals surface area contributed by atoms with E-state index in [0.29, 0.717) is 5.84 Å². The van der Waals surface area contributed by atoms with Gasteiger partial charge in [0.1, 0.15) is 17.6 Å². The molecule has 3 heterocycles. The molecule has 0 fully saturated rings. The van der Waals surface area contributed by atoms with Gasteiger partial charge in [-0.2, -0.15) is 0 Å². The van der Waals surface area contributed by atoms with E-state index in [2.05, 4.69) is 217 Å². The van der Waals surface area contributed by atoms with Gasteiger partial charge < -0.3 is 15.1 Å². The minimum absolute atomic E-state index is 0.0601. The number of fused-ring (bicyclic) bond motifs is 5. The maximum absolute atomic E-state index is 6.68. The third-order valence-electron chi connectivity index (χ3n) is 12.4. The van der Waals surface area contributed by atoms with Crippen molar-refractivity contribution in [2.75, 3.05) is 5.32 Å². The van der Waals surface area contributed by atoms with E-state index in [4.69, 9.17) is 14.4 Å². The van der Waals surface area contributed by atoms with Crippen LogP contribution >= 0.6 is 0 Å². The zero-order valence-electron chi connectivity index (χ0n) is 34.2. The first kappa shape index (κ1) is 36.6. The average Bonchev–Trinajstić information content (AvgIpc) is 3.75. The molecule has 0 aliphatic carbocycles. The summed E-state index contributed by atoms with van der Waals surface area (Å²) in [4.78, 5) is 10.4. The molecule has 0 radical (unpaired) electrons. The smallest absolute Gasteiger partial charge is 0.202 e. The van der Waals surface area contributed by atoms with Gasteiger partial charge in [0.2, 0.25) is 5.88 Å². The summed E-state index contributed by atoms with van der Waals surface area (Å²) in [5, 5.41) is 13.3. The van der Waals surface area contributed by atoms with Crippen LogP contribution in [0.5, 0.6) is 0 Å². The van der Waals surface area contributed by atoms with E-state index in [1.807, 2.05) is 12.1 Å². The molecule has 63 heavy (non-hydrogen) atoms. The topological polar surface area (TPSA) is 61.9 Å². The van der Waals surface area contributed by atoms with Gasteiger partial charge in [-0.15, -0.1) is 0 Å². The molecule has 0 amide bonds. The normalized spacial score (nSPS) is 15.7. The van der Waals surface area contributed by atoms with Crippen molar-refractivity contribution < 1.29 is 4.42 Å². The molecule has 0 saturated heterocycles. The quantitative estimate of drug-likeness (QED) is 0.169. The first-order chi connectivity index (χ1) is 31.2. The monoisotopic (exact) mass is 808 g/mol. The van der Waals surface area contributed by atoms with Crippen molar-refractivity contribution in [3.8, 4) is 33.4 Å².